The molecule has 2 N–H and O–H groups in total. The van der Waals surface area contributed by atoms with E-state index < -0.39 is 0 Å². The smallest absolute Gasteiger partial charge is 0.258 e. The van der Waals surface area contributed by atoms with Crippen LogP contribution in [-0.2, 0) is 11.2 Å². The van der Waals surface area contributed by atoms with Crippen molar-refractivity contribution in [1.29, 1.82) is 0 Å². The molecular formula is C13H9ClN4O2. The van der Waals surface area contributed by atoms with Crippen molar-refractivity contribution in [2.75, 3.05) is 10.6 Å². The highest BCUT2D eigenvalue weighted by Crippen LogP contribution is 2.24. The number of fused-ring (bicyclic) bond motifs is 1. The summed E-state index contributed by atoms with van der Waals surface area (Å²) in [5, 5.41) is 5.48. The van der Waals surface area contributed by atoms with E-state index in [2.05, 4.69) is 20.6 Å². The number of aromatic nitrogens is 2. The monoisotopic (exact) mass is 288 g/mol. The Morgan fingerprint density at radius 1 is 1.35 bits per heavy atom. The van der Waals surface area contributed by atoms with Crippen LogP contribution >= 0.6 is 11.6 Å². The van der Waals surface area contributed by atoms with Crippen molar-refractivity contribution < 1.29 is 9.59 Å². The maximum absolute atomic E-state index is 12.1. The van der Waals surface area contributed by atoms with Gasteiger partial charge in [0, 0.05) is 17.4 Å². The van der Waals surface area contributed by atoms with Crippen LogP contribution in [-0.4, -0.2) is 21.8 Å². The normalized spacial score (nSPS) is 12.8. The highest BCUT2D eigenvalue weighted by atomic mass is 35.5. The molecule has 0 saturated carbocycles. The molecule has 100 valence electrons. The molecule has 0 saturated heterocycles. The number of halogens is 1. The van der Waals surface area contributed by atoms with Crippen LogP contribution in [0.4, 0.5) is 11.6 Å². The van der Waals surface area contributed by atoms with Gasteiger partial charge in [0.1, 0.15) is 5.15 Å². The summed E-state index contributed by atoms with van der Waals surface area (Å²) >= 11 is 5.72. The van der Waals surface area contributed by atoms with E-state index in [9.17, 15) is 9.59 Å². The minimum Gasteiger partial charge on any atom is -0.326 e. The summed E-state index contributed by atoms with van der Waals surface area (Å²) in [6, 6.07) is 6.54. The van der Waals surface area contributed by atoms with Crippen molar-refractivity contribution in [3.8, 4) is 0 Å². The van der Waals surface area contributed by atoms with Gasteiger partial charge in [-0.2, -0.15) is 0 Å². The second kappa shape index (κ2) is 4.90. The largest absolute Gasteiger partial charge is 0.326 e. The van der Waals surface area contributed by atoms with Crippen LogP contribution < -0.4 is 10.6 Å². The second-order valence-corrected chi connectivity index (χ2v) is 4.64. The van der Waals surface area contributed by atoms with Gasteiger partial charge in [-0.05, 0) is 23.8 Å². The average Bonchev–Trinajstić information content (AvgIpc) is 2.77. The van der Waals surface area contributed by atoms with Gasteiger partial charge in [-0.25, -0.2) is 9.97 Å². The molecule has 2 aromatic rings. The first-order valence-corrected chi connectivity index (χ1v) is 6.22. The zero-order chi connectivity index (χ0) is 14.1. The summed E-state index contributed by atoms with van der Waals surface area (Å²) < 4.78 is 0. The van der Waals surface area contributed by atoms with Gasteiger partial charge in [-0.3, -0.25) is 14.9 Å². The van der Waals surface area contributed by atoms with Gasteiger partial charge < -0.3 is 5.32 Å². The fourth-order valence-corrected chi connectivity index (χ4v) is 2.06. The van der Waals surface area contributed by atoms with Gasteiger partial charge in [-0.1, -0.05) is 17.7 Å². The first kappa shape index (κ1) is 12.6. The third kappa shape index (κ3) is 2.46. The molecule has 6 nitrogen and oxygen atoms in total. The van der Waals surface area contributed by atoms with Crippen LogP contribution in [0, 0.1) is 0 Å². The Morgan fingerprint density at radius 2 is 2.20 bits per heavy atom. The van der Waals surface area contributed by atoms with E-state index in [0.717, 1.165) is 5.56 Å². The molecule has 0 unspecified atom stereocenters. The second-order valence-electron chi connectivity index (χ2n) is 4.25. The van der Waals surface area contributed by atoms with Crippen molar-refractivity contribution in [3.05, 3.63) is 46.7 Å². The lowest BCUT2D eigenvalue weighted by molar-refractivity contribution is -0.115. The molecule has 2 amide bonds. The number of rotatable bonds is 2. The Balaban J connectivity index is 1.81. The highest BCUT2D eigenvalue weighted by Gasteiger charge is 2.19. The molecule has 0 aliphatic carbocycles. The number of hydrogen-bond acceptors (Lipinski definition) is 4. The van der Waals surface area contributed by atoms with Gasteiger partial charge in [0.15, 0.2) is 0 Å². The number of benzene rings is 1. The molecule has 1 aliphatic rings. The van der Waals surface area contributed by atoms with E-state index in [1.54, 1.807) is 18.2 Å². The molecule has 1 aromatic carbocycles. The van der Waals surface area contributed by atoms with E-state index in [1.807, 2.05) is 0 Å². The van der Waals surface area contributed by atoms with Gasteiger partial charge >= 0.3 is 0 Å². The minimum absolute atomic E-state index is 0.0734. The van der Waals surface area contributed by atoms with Crippen LogP contribution in [0.3, 0.4) is 0 Å². The predicted octanol–water partition coefficient (Wildman–Crippen LogP) is 1.88. The van der Waals surface area contributed by atoms with Crippen molar-refractivity contribution in [1.82, 2.24) is 9.97 Å². The lowest BCUT2D eigenvalue weighted by Gasteiger charge is -2.05. The van der Waals surface area contributed by atoms with E-state index in [1.165, 1.54) is 12.3 Å². The first-order chi connectivity index (χ1) is 9.61. The Hall–Kier alpha value is -2.47. The topological polar surface area (TPSA) is 84.0 Å². The zero-order valence-electron chi connectivity index (χ0n) is 10.2. The summed E-state index contributed by atoms with van der Waals surface area (Å²) in [5.41, 5.74) is 1.95. The molecule has 1 aliphatic heterocycles. The third-order valence-corrected chi connectivity index (χ3v) is 3.05. The molecule has 2 heterocycles. The Kier molecular flexibility index (Phi) is 3.08. The minimum atomic E-state index is -0.365. The predicted molar refractivity (Wildman–Crippen MR) is 73.8 cm³/mol. The molecule has 0 atom stereocenters. The molecule has 7 heteroatoms. The Bertz CT molecular complexity index is 717. The molecule has 0 fully saturated rings. The number of amides is 2. The van der Waals surface area contributed by atoms with E-state index >= 15 is 0 Å². The molecular weight excluding hydrogens is 280 g/mol. The molecule has 1 aromatic heterocycles. The fourth-order valence-electron chi connectivity index (χ4n) is 1.93. The van der Waals surface area contributed by atoms with Crippen molar-refractivity contribution in [2.24, 2.45) is 0 Å². The Labute approximate surface area is 119 Å². The quantitative estimate of drug-likeness (QED) is 0.826. The van der Waals surface area contributed by atoms with Crippen LogP contribution in [0.5, 0.6) is 0 Å². The third-order valence-electron chi connectivity index (χ3n) is 2.84. The Morgan fingerprint density at radius 3 is 3.00 bits per heavy atom. The average molecular weight is 289 g/mol. The van der Waals surface area contributed by atoms with Crippen molar-refractivity contribution >= 4 is 35.1 Å². The van der Waals surface area contributed by atoms with Crippen LogP contribution in [0.1, 0.15) is 15.9 Å². The van der Waals surface area contributed by atoms with E-state index in [4.69, 9.17) is 11.6 Å². The first-order valence-electron chi connectivity index (χ1n) is 5.84. The number of carbonyl (C=O) groups excluding carboxylic acids is 2. The van der Waals surface area contributed by atoms with E-state index in [-0.39, 0.29) is 22.9 Å². The number of hydrogen-bond donors (Lipinski definition) is 2. The summed E-state index contributed by atoms with van der Waals surface area (Å²) in [6.07, 6.45) is 1.79. The van der Waals surface area contributed by atoms with Crippen LogP contribution in [0.2, 0.25) is 5.15 Å². The maximum Gasteiger partial charge on any atom is 0.258 e. The molecule has 20 heavy (non-hydrogen) atoms. The number of nitrogens with zero attached hydrogens (tertiary/aromatic N) is 2. The van der Waals surface area contributed by atoms with Gasteiger partial charge in [0.2, 0.25) is 11.9 Å². The van der Waals surface area contributed by atoms with Gasteiger partial charge in [0.05, 0.1) is 6.42 Å². The zero-order valence-corrected chi connectivity index (χ0v) is 10.9. The summed E-state index contributed by atoms with van der Waals surface area (Å²) in [7, 11) is 0. The number of nitrogens with one attached hydrogen (secondary N) is 2. The lowest BCUT2D eigenvalue weighted by Crippen LogP contribution is -2.14. The number of anilines is 2. The van der Waals surface area contributed by atoms with E-state index in [0.29, 0.717) is 17.7 Å². The molecule has 0 spiro atoms. The van der Waals surface area contributed by atoms with Crippen LogP contribution in [0.15, 0.2) is 30.5 Å². The summed E-state index contributed by atoms with van der Waals surface area (Å²) in [4.78, 5) is 31.1. The van der Waals surface area contributed by atoms with Gasteiger partial charge in [-0.15, -0.1) is 0 Å². The fraction of sp³-hybridized carbons (Fsp3) is 0.0769. The van der Waals surface area contributed by atoms with Crippen LogP contribution in [0.25, 0.3) is 0 Å². The lowest BCUT2D eigenvalue weighted by atomic mass is 10.1. The summed E-state index contributed by atoms with van der Waals surface area (Å²) in [6.45, 7) is 0. The summed E-state index contributed by atoms with van der Waals surface area (Å²) in [5.74, 6) is -0.306. The highest BCUT2D eigenvalue weighted by molar-refractivity contribution is 6.29. The molecule has 0 bridgehead atoms. The standard InChI is InChI=1S/C13H9ClN4O2/c14-10-3-4-15-13(17-10)18-12(20)8-2-1-7-6-11(19)16-9(7)5-8/h1-5H,6H2,(H,16,19)(H,15,17,18,20). The molecule has 0 radical (unpaired) electrons. The molecule has 3 rings (SSSR count). The van der Waals surface area contributed by atoms with Crippen molar-refractivity contribution in [3.63, 3.8) is 0 Å². The number of carbonyl (C=O) groups is 2. The van der Waals surface area contributed by atoms with Gasteiger partial charge in [0.25, 0.3) is 5.91 Å². The SMILES string of the molecule is O=C1Cc2ccc(C(=O)Nc3nccc(Cl)n3)cc2N1. The maximum atomic E-state index is 12.1. The van der Waals surface area contributed by atoms with Crippen molar-refractivity contribution in [2.45, 2.75) is 6.42 Å².